The molecule has 32 heavy (non-hydrogen) atoms. The van der Waals surface area contributed by atoms with Crippen molar-refractivity contribution < 1.29 is 45.9 Å². The minimum atomic E-state index is -4.92. The summed E-state index contributed by atoms with van der Waals surface area (Å²) in [6.07, 6.45) is -9.90. The average Bonchev–Trinajstić information content (AvgIpc) is 2.91. The molecular weight excluding hydrogens is 446 g/mol. The zero-order valence-corrected chi connectivity index (χ0v) is 16.5. The van der Waals surface area contributed by atoms with E-state index in [2.05, 4.69) is 4.90 Å². The number of fused-ring (bicyclic) bond motifs is 1. The number of rotatable bonds is 2. The monoisotopic (exact) mass is 464 g/mol. The lowest BCUT2D eigenvalue weighted by Gasteiger charge is -2.12. The van der Waals surface area contributed by atoms with Crippen LogP contribution in [0.1, 0.15) is 37.4 Å². The molecular formula is C20H18F6N2O4. The summed E-state index contributed by atoms with van der Waals surface area (Å²) in [7, 11) is 2.02. The van der Waals surface area contributed by atoms with Crippen LogP contribution in [0.15, 0.2) is 36.4 Å². The molecule has 0 aromatic heterocycles. The lowest BCUT2D eigenvalue weighted by molar-refractivity contribution is -0.143. The van der Waals surface area contributed by atoms with Crippen LogP contribution in [0, 0.1) is 0 Å². The van der Waals surface area contributed by atoms with Gasteiger partial charge in [0.2, 0.25) is 0 Å². The number of nitrogens with one attached hydrogen (secondary N) is 1. The second-order valence-corrected chi connectivity index (χ2v) is 6.81. The minimum Gasteiger partial charge on any atom is -0.492 e. The van der Waals surface area contributed by atoms with E-state index in [1.807, 2.05) is 13.1 Å². The molecule has 1 amide bonds. The fourth-order valence-electron chi connectivity index (χ4n) is 2.75. The number of ether oxygens (including phenoxy) is 1. The van der Waals surface area contributed by atoms with E-state index in [0.29, 0.717) is 30.1 Å². The van der Waals surface area contributed by atoms with Crippen LogP contribution in [0.2, 0.25) is 0 Å². The third-order valence-corrected chi connectivity index (χ3v) is 4.35. The van der Waals surface area contributed by atoms with Gasteiger partial charge in [-0.05, 0) is 37.4 Å². The Hall–Kier alpha value is -3.12. The predicted molar refractivity (Wildman–Crippen MR) is 99.4 cm³/mol. The van der Waals surface area contributed by atoms with Crippen LogP contribution in [0.4, 0.5) is 26.3 Å². The zero-order valence-electron chi connectivity index (χ0n) is 16.5. The van der Waals surface area contributed by atoms with E-state index in [1.54, 1.807) is 17.6 Å². The van der Waals surface area contributed by atoms with E-state index in [-0.39, 0.29) is 12.4 Å². The smallest absolute Gasteiger partial charge is 0.416 e. The van der Waals surface area contributed by atoms with Crippen LogP contribution in [-0.4, -0.2) is 42.5 Å². The minimum absolute atomic E-state index is 0.0347. The Bertz CT molecular complexity index is 943. The number of aldehydes is 1. The molecule has 6 nitrogen and oxygen atoms in total. The van der Waals surface area contributed by atoms with Gasteiger partial charge in [0.05, 0.1) is 11.1 Å². The van der Waals surface area contributed by atoms with Crippen LogP contribution in [0.3, 0.4) is 0 Å². The molecule has 0 fully saturated rings. The zero-order chi connectivity index (χ0) is 24.1. The maximum absolute atomic E-state index is 12.2. The first-order valence-electron chi connectivity index (χ1n) is 8.98. The maximum atomic E-state index is 12.2. The summed E-state index contributed by atoms with van der Waals surface area (Å²) >= 11 is 0. The molecule has 3 rings (SSSR count). The quantitative estimate of drug-likeness (QED) is 0.302. The van der Waals surface area contributed by atoms with Crippen molar-refractivity contribution in [1.82, 2.24) is 10.4 Å². The van der Waals surface area contributed by atoms with Gasteiger partial charge in [0.1, 0.15) is 18.6 Å². The first-order chi connectivity index (χ1) is 14.8. The Morgan fingerprint density at radius 2 is 1.66 bits per heavy atom. The maximum Gasteiger partial charge on any atom is 0.416 e. The number of hydrogen-bond acceptors (Lipinski definition) is 5. The molecule has 2 N–H and O–H groups in total. The summed E-state index contributed by atoms with van der Waals surface area (Å²) in [6, 6.07) is 5.87. The number of hydroxylamine groups is 1. The lowest BCUT2D eigenvalue weighted by atomic mass is 10.1. The van der Waals surface area contributed by atoms with Crippen molar-refractivity contribution in [2.45, 2.75) is 18.9 Å². The molecule has 0 saturated heterocycles. The average molecular weight is 464 g/mol. The fourth-order valence-corrected chi connectivity index (χ4v) is 2.75. The van der Waals surface area contributed by atoms with Crippen LogP contribution in [-0.2, 0) is 18.9 Å². The van der Waals surface area contributed by atoms with Gasteiger partial charge in [-0.15, -0.1) is 0 Å². The molecule has 0 aliphatic carbocycles. The van der Waals surface area contributed by atoms with Crippen LogP contribution in [0.5, 0.6) is 5.75 Å². The number of amides is 1. The molecule has 1 heterocycles. The van der Waals surface area contributed by atoms with E-state index in [4.69, 9.17) is 9.94 Å². The highest BCUT2D eigenvalue weighted by Crippen LogP contribution is 2.36. The van der Waals surface area contributed by atoms with Crippen LogP contribution in [0.25, 0.3) is 0 Å². The van der Waals surface area contributed by atoms with Gasteiger partial charge in [0, 0.05) is 29.8 Å². The molecule has 1 aliphatic rings. The van der Waals surface area contributed by atoms with Crippen molar-refractivity contribution in [1.29, 1.82) is 0 Å². The second kappa shape index (κ2) is 10.0. The number of alkyl halides is 6. The SMILES string of the molecule is CN1CCOc2cc(C(=O)NO)ccc2C1.O=Cc1cc(C(F)(F)F)cc(C(F)(F)F)c1. The first-order valence-corrected chi connectivity index (χ1v) is 8.98. The summed E-state index contributed by atoms with van der Waals surface area (Å²) in [5, 5.41) is 8.54. The number of halogens is 6. The Labute approximate surface area is 178 Å². The van der Waals surface area contributed by atoms with E-state index in [0.717, 1.165) is 18.7 Å². The van der Waals surface area contributed by atoms with Crippen molar-refractivity contribution >= 4 is 12.2 Å². The molecule has 0 bridgehead atoms. The second-order valence-electron chi connectivity index (χ2n) is 6.81. The highest BCUT2D eigenvalue weighted by molar-refractivity contribution is 5.93. The summed E-state index contributed by atoms with van der Waals surface area (Å²) in [4.78, 5) is 23.6. The summed E-state index contributed by atoms with van der Waals surface area (Å²) < 4.78 is 78.7. The molecule has 0 unspecified atom stereocenters. The van der Waals surface area contributed by atoms with Crippen molar-refractivity contribution in [2.24, 2.45) is 0 Å². The van der Waals surface area contributed by atoms with E-state index >= 15 is 0 Å². The van der Waals surface area contributed by atoms with Crippen molar-refractivity contribution in [3.63, 3.8) is 0 Å². The molecule has 0 radical (unpaired) electrons. The van der Waals surface area contributed by atoms with Gasteiger partial charge < -0.3 is 4.74 Å². The molecule has 12 heteroatoms. The summed E-state index contributed by atoms with van der Waals surface area (Å²) in [5.41, 5.74) is -0.604. The van der Waals surface area contributed by atoms with Gasteiger partial charge in [-0.3, -0.25) is 19.7 Å². The third kappa shape index (κ3) is 6.69. The van der Waals surface area contributed by atoms with Gasteiger partial charge >= 0.3 is 12.4 Å². The Morgan fingerprint density at radius 3 is 2.16 bits per heavy atom. The van der Waals surface area contributed by atoms with Crippen LogP contribution < -0.4 is 10.2 Å². The van der Waals surface area contributed by atoms with Gasteiger partial charge in [-0.1, -0.05) is 6.07 Å². The van der Waals surface area contributed by atoms with Gasteiger partial charge in [0.15, 0.2) is 0 Å². The first kappa shape index (κ1) is 25.1. The number of likely N-dealkylation sites (N-methyl/N-ethyl adjacent to an activating group) is 1. The summed E-state index contributed by atoms with van der Waals surface area (Å²) in [6.45, 7) is 2.26. The fraction of sp³-hybridized carbons (Fsp3) is 0.300. The highest BCUT2D eigenvalue weighted by Gasteiger charge is 2.36. The molecule has 0 atom stereocenters. The van der Waals surface area contributed by atoms with Crippen molar-refractivity contribution in [3.05, 3.63) is 64.2 Å². The Morgan fingerprint density at radius 1 is 1.06 bits per heavy atom. The highest BCUT2D eigenvalue weighted by atomic mass is 19.4. The van der Waals surface area contributed by atoms with Gasteiger partial charge in [0.25, 0.3) is 5.91 Å². The molecule has 174 valence electrons. The van der Waals surface area contributed by atoms with E-state index < -0.39 is 35.0 Å². The van der Waals surface area contributed by atoms with Crippen molar-refractivity contribution in [3.8, 4) is 5.75 Å². The van der Waals surface area contributed by atoms with Crippen LogP contribution >= 0.6 is 0 Å². The lowest BCUT2D eigenvalue weighted by Crippen LogP contribution is -2.20. The third-order valence-electron chi connectivity index (χ3n) is 4.35. The Balaban J connectivity index is 0.000000227. The van der Waals surface area contributed by atoms with Crippen molar-refractivity contribution in [2.75, 3.05) is 20.2 Å². The molecule has 2 aromatic carbocycles. The number of nitrogens with zero attached hydrogens (tertiary/aromatic N) is 1. The molecule has 1 aliphatic heterocycles. The standard InChI is InChI=1S/C11H14N2O3.C9H4F6O/c1-13-4-5-16-10-6-8(11(14)12-15)2-3-9(10)7-13;10-8(11,12)6-1-5(4-16)2-7(3-6)9(13,14)15/h2-3,6,15H,4-5,7H2,1H3,(H,12,14);1-4H. The summed E-state index contributed by atoms with van der Waals surface area (Å²) in [5.74, 6) is 0.189. The number of hydrogen-bond donors (Lipinski definition) is 2. The topological polar surface area (TPSA) is 78.9 Å². The van der Waals surface area contributed by atoms with E-state index in [9.17, 15) is 35.9 Å². The number of benzene rings is 2. The van der Waals surface area contributed by atoms with Gasteiger partial charge in [-0.2, -0.15) is 26.3 Å². The largest absolute Gasteiger partial charge is 0.492 e. The van der Waals surface area contributed by atoms with Gasteiger partial charge in [-0.25, -0.2) is 5.48 Å². The predicted octanol–water partition coefficient (Wildman–Crippen LogP) is 4.17. The Kier molecular flexibility index (Phi) is 7.86. The normalized spacial score (nSPS) is 14.2. The van der Waals surface area contributed by atoms with E-state index in [1.165, 1.54) is 0 Å². The molecule has 0 saturated carbocycles. The number of carbonyl (C=O) groups is 2. The molecule has 0 spiro atoms. The molecule has 2 aromatic rings. The number of carbonyl (C=O) groups excluding carboxylic acids is 2.